The zero-order chi connectivity index (χ0) is 17.3. The Kier molecular flexibility index (Phi) is 4.51. The Balaban J connectivity index is 2.29. The minimum Gasteiger partial charge on any atom is -0.349 e. The number of sulfone groups is 1. The fourth-order valence-electron chi connectivity index (χ4n) is 1.73. The van der Waals surface area contributed by atoms with E-state index in [4.69, 9.17) is 0 Å². The minimum absolute atomic E-state index is 0.123. The van der Waals surface area contributed by atoms with E-state index in [0.717, 1.165) is 18.4 Å². The topological polar surface area (TPSA) is 96.9 Å². The van der Waals surface area contributed by atoms with Crippen molar-refractivity contribution >= 4 is 27.4 Å². The molecule has 2 aromatic rings. The molecule has 0 radical (unpaired) electrons. The predicted molar refractivity (Wildman–Crippen MR) is 86.0 cm³/mol. The lowest BCUT2D eigenvalue weighted by molar-refractivity contribution is 0.596. The Morgan fingerprint density at radius 3 is 2.35 bits per heavy atom. The van der Waals surface area contributed by atoms with Gasteiger partial charge in [0.1, 0.15) is 12.1 Å². The molecule has 0 amide bonds. The van der Waals surface area contributed by atoms with E-state index in [0.29, 0.717) is 5.95 Å². The Morgan fingerprint density at radius 2 is 1.74 bits per heavy atom. The molecule has 1 aromatic carbocycles. The smallest absolute Gasteiger partial charge is 0.231 e. The Labute approximate surface area is 134 Å². The molecule has 0 aliphatic carbocycles. The van der Waals surface area contributed by atoms with E-state index in [1.165, 1.54) is 12.4 Å². The first-order chi connectivity index (χ1) is 10.5. The third-order valence-corrected chi connectivity index (χ3v) is 3.71. The van der Waals surface area contributed by atoms with Gasteiger partial charge < -0.3 is 10.6 Å². The first-order valence-electron chi connectivity index (χ1n) is 6.78. The average Bonchev–Trinajstić information content (AvgIpc) is 2.35. The molecular formula is C14H18FN5O2S. The molecule has 0 saturated heterocycles. The van der Waals surface area contributed by atoms with Crippen molar-refractivity contribution in [1.82, 2.24) is 15.0 Å². The van der Waals surface area contributed by atoms with Crippen molar-refractivity contribution < 1.29 is 12.8 Å². The highest BCUT2D eigenvalue weighted by Gasteiger charge is 2.13. The van der Waals surface area contributed by atoms with Gasteiger partial charge in [-0.3, -0.25) is 0 Å². The van der Waals surface area contributed by atoms with Crippen molar-refractivity contribution in [3.05, 3.63) is 30.3 Å². The lowest BCUT2D eigenvalue weighted by Gasteiger charge is -2.20. The van der Waals surface area contributed by atoms with Gasteiger partial charge in [0.15, 0.2) is 9.84 Å². The third-order valence-electron chi connectivity index (χ3n) is 2.61. The third kappa shape index (κ3) is 5.13. The summed E-state index contributed by atoms with van der Waals surface area (Å²) in [5.74, 6) is -0.135. The second kappa shape index (κ2) is 6.07. The van der Waals surface area contributed by atoms with Crippen LogP contribution in [0.15, 0.2) is 29.4 Å². The van der Waals surface area contributed by atoms with Crippen LogP contribution >= 0.6 is 0 Å². The van der Waals surface area contributed by atoms with Crippen molar-refractivity contribution in [3.8, 4) is 0 Å². The molecule has 124 valence electrons. The van der Waals surface area contributed by atoms with Gasteiger partial charge in [0.05, 0.1) is 4.90 Å². The quantitative estimate of drug-likeness (QED) is 0.882. The van der Waals surface area contributed by atoms with E-state index < -0.39 is 15.7 Å². The van der Waals surface area contributed by atoms with E-state index in [-0.39, 0.29) is 22.1 Å². The van der Waals surface area contributed by atoms with Crippen LogP contribution in [0.25, 0.3) is 0 Å². The van der Waals surface area contributed by atoms with E-state index in [1.807, 2.05) is 20.8 Å². The van der Waals surface area contributed by atoms with Crippen molar-refractivity contribution in [2.45, 2.75) is 31.2 Å². The Hall–Kier alpha value is -2.29. The normalized spacial score (nSPS) is 12.0. The number of rotatable bonds is 4. The van der Waals surface area contributed by atoms with Crippen LogP contribution in [-0.2, 0) is 9.84 Å². The summed E-state index contributed by atoms with van der Waals surface area (Å²) in [4.78, 5) is 12.0. The molecule has 0 bridgehead atoms. The van der Waals surface area contributed by atoms with E-state index in [9.17, 15) is 12.8 Å². The van der Waals surface area contributed by atoms with Crippen molar-refractivity contribution in [1.29, 1.82) is 0 Å². The number of aromatic nitrogens is 3. The fourth-order valence-corrected chi connectivity index (χ4v) is 2.40. The van der Waals surface area contributed by atoms with E-state index >= 15 is 0 Å². The molecule has 1 aromatic heterocycles. The maximum absolute atomic E-state index is 13.6. The summed E-state index contributed by atoms with van der Waals surface area (Å²) >= 11 is 0. The van der Waals surface area contributed by atoms with E-state index in [1.54, 1.807) is 0 Å². The van der Waals surface area contributed by atoms with E-state index in [2.05, 4.69) is 25.6 Å². The van der Waals surface area contributed by atoms with Crippen molar-refractivity contribution in [2.75, 3.05) is 16.9 Å². The van der Waals surface area contributed by atoms with Gasteiger partial charge in [0.25, 0.3) is 0 Å². The zero-order valence-corrected chi connectivity index (χ0v) is 14.1. The minimum atomic E-state index is -3.52. The highest BCUT2D eigenvalue weighted by atomic mass is 32.2. The number of halogens is 1. The molecule has 0 aliphatic heterocycles. The van der Waals surface area contributed by atoms with Gasteiger partial charge in [-0.25, -0.2) is 22.8 Å². The van der Waals surface area contributed by atoms with Gasteiger partial charge in [-0.15, -0.1) is 0 Å². The maximum Gasteiger partial charge on any atom is 0.231 e. The maximum atomic E-state index is 13.6. The SMILES string of the molecule is CC(C)(C)Nc1ncnc(Nc2cc(F)cc(S(C)(=O)=O)c2)n1. The lowest BCUT2D eigenvalue weighted by atomic mass is 10.1. The van der Waals surface area contributed by atoms with Crippen LogP contribution < -0.4 is 10.6 Å². The molecule has 0 saturated carbocycles. The van der Waals surface area contributed by atoms with Gasteiger partial charge in [-0.05, 0) is 39.0 Å². The van der Waals surface area contributed by atoms with Crippen LogP contribution in [0.4, 0.5) is 22.0 Å². The summed E-state index contributed by atoms with van der Waals surface area (Å²) in [6.45, 7) is 5.86. The molecular weight excluding hydrogens is 321 g/mol. The van der Waals surface area contributed by atoms with Crippen LogP contribution in [0.2, 0.25) is 0 Å². The molecule has 1 heterocycles. The van der Waals surface area contributed by atoms with Gasteiger partial charge in [-0.1, -0.05) is 0 Å². The van der Waals surface area contributed by atoms with Gasteiger partial charge in [-0.2, -0.15) is 4.98 Å². The van der Waals surface area contributed by atoms with Crippen LogP contribution in [0.1, 0.15) is 20.8 Å². The number of hydrogen-bond acceptors (Lipinski definition) is 7. The zero-order valence-electron chi connectivity index (χ0n) is 13.3. The summed E-state index contributed by atoms with van der Waals surface area (Å²) in [7, 11) is -3.52. The highest BCUT2D eigenvalue weighted by molar-refractivity contribution is 7.90. The predicted octanol–water partition coefficient (Wildman–Crippen LogP) is 2.37. The number of nitrogens with zero attached hydrogens (tertiary/aromatic N) is 3. The first-order valence-corrected chi connectivity index (χ1v) is 8.67. The van der Waals surface area contributed by atoms with Gasteiger partial charge in [0.2, 0.25) is 11.9 Å². The molecule has 0 aliphatic rings. The summed E-state index contributed by atoms with van der Waals surface area (Å²) in [6, 6.07) is 3.44. The lowest BCUT2D eigenvalue weighted by Crippen LogP contribution is -2.27. The first kappa shape index (κ1) is 17.1. The number of hydrogen-bond donors (Lipinski definition) is 2. The number of anilines is 3. The average molecular weight is 339 g/mol. The molecule has 0 fully saturated rings. The molecule has 2 N–H and O–H groups in total. The van der Waals surface area contributed by atoms with Crippen molar-refractivity contribution in [2.24, 2.45) is 0 Å². The second-order valence-electron chi connectivity index (χ2n) is 6.08. The molecule has 2 rings (SSSR count). The molecule has 0 unspecified atom stereocenters. The molecule has 7 nitrogen and oxygen atoms in total. The van der Waals surface area contributed by atoms with Crippen molar-refractivity contribution in [3.63, 3.8) is 0 Å². The Bertz CT molecular complexity index is 818. The summed E-state index contributed by atoms with van der Waals surface area (Å²) in [5.41, 5.74) is -0.000613. The van der Waals surface area contributed by atoms with Gasteiger partial charge in [0, 0.05) is 17.5 Å². The highest BCUT2D eigenvalue weighted by Crippen LogP contribution is 2.21. The molecule has 0 spiro atoms. The molecule has 0 atom stereocenters. The monoisotopic (exact) mass is 339 g/mol. The fraction of sp³-hybridized carbons (Fsp3) is 0.357. The summed E-state index contributed by atoms with van der Waals surface area (Å²) in [5, 5.41) is 5.86. The number of nitrogens with one attached hydrogen (secondary N) is 2. The standard InChI is InChI=1S/C14H18FN5O2S/c1-14(2,3)20-13-17-8-16-12(19-13)18-10-5-9(15)6-11(7-10)23(4,21)22/h5-8H,1-4H3,(H2,16,17,18,19,20). The largest absolute Gasteiger partial charge is 0.349 e. The Morgan fingerprint density at radius 1 is 1.09 bits per heavy atom. The summed E-state index contributed by atoms with van der Waals surface area (Å²) in [6.07, 6.45) is 2.32. The molecule has 9 heteroatoms. The van der Waals surface area contributed by atoms with Crippen LogP contribution in [-0.4, -0.2) is 35.2 Å². The summed E-state index contributed by atoms with van der Waals surface area (Å²) < 4.78 is 36.7. The number of benzene rings is 1. The van der Waals surface area contributed by atoms with Crippen LogP contribution in [0, 0.1) is 5.82 Å². The van der Waals surface area contributed by atoms with Crippen LogP contribution in [0.5, 0.6) is 0 Å². The second-order valence-corrected chi connectivity index (χ2v) is 8.10. The van der Waals surface area contributed by atoms with Crippen LogP contribution in [0.3, 0.4) is 0 Å². The molecule has 23 heavy (non-hydrogen) atoms. The van der Waals surface area contributed by atoms with Gasteiger partial charge >= 0.3 is 0 Å².